The van der Waals surface area contributed by atoms with Crippen LogP contribution >= 0.6 is 11.3 Å². The van der Waals surface area contributed by atoms with E-state index in [-0.39, 0.29) is 12.5 Å². The van der Waals surface area contributed by atoms with E-state index in [1.807, 2.05) is 22.4 Å². The van der Waals surface area contributed by atoms with Gasteiger partial charge in [-0.2, -0.15) is 0 Å². The van der Waals surface area contributed by atoms with Crippen LogP contribution in [-0.2, 0) is 16.0 Å². The summed E-state index contributed by atoms with van der Waals surface area (Å²) in [6.07, 6.45) is 0.452. The number of aliphatic carboxylic acids is 1. The molecule has 0 saturated carbocycles. The van der Waals surface area contributed by atoms with Crippen molar-refractivity contribution in [1.82, 2.24) is 4.90 Å². The average molecular weight is 268 g/mol. The van der Waals surface area contributed by atoms with E-state index < -0.39 is 5.97 Å². The van der Waals surface area contributed by atoms with Crippen molar-refractivity contribution in [3.8, 4) is 0 Å². The van der Waals surface area contributed by atoms with Crippen LogP contribution in [0.1, 0.15) is 4.88 Å². The highest BCUT2D eigenvalue weighted by Gasteiger charge is 2.23. The predicted octanol–water partition coefficient (Wildman–Crippen LogP) is -2.23. The minimum atomic E-state index is -1.02. The van der Waals surface area contributed by atoms with E-state index in [2.05, 4.69) is 0 Å². The van der Waals surface area contributed by atoms with Crippen LogP contribution in [-0.4, -0.2) is 49.5 Å². The molecule has 0 spiro atoms. The number of carboxylic acid groups (broad SMARTS) is 1. The van der Waals surface area contributed by atoms with E-state index in [0.717, 1.165) is 9.78 Å². The molecule has 1 aliphatic heterocycles. The molecule has 18 heavy (non-hydrogen) atoms. The summed E-state index contributed by atoms with van der Waals surface area (Å²) in [5, 5.41) is 12.4. The lowest BCUT2D eigenvalue weighted by Crippen LogP contribution is -3.16. The Morgan fingerprint density at radius 2 is 2.11 bits per heavy atom. The van der Waals surface area contributed by atoms with Gasteiger partial charge in [-0.1, -0.05) is 6.07 Å². The maximum absolute atomic E-state index is 12.0. The first-order chi connectivity index (χ1) is 8.65. The van der Waals surface area contributed by atoms with Gasteiger partial charge >= 0.3 is 0 Å². The highest BCUT2D eigenvalue weighted by atomic mass is 32.1. The fraction of sp³-hybridized carbons (Fsp3) is 0.500. The van der Waals surface area contributed by atoms with E-state index in [1.54, 1.807) is 11.3 Å². The van der Waals surface area contributed by atoms with E-state index in [9.17, 15) is 14.7 Å². The van der Waals surface area contributed by atoms with Gasteiger partial charge in [-0.15, -0.1) is 11.3 Å². The van der Waals surface area contributed by atoms with Gasteiger partial charge in [0.1, 0.15) is 6.54 Å². The maximum atomic E-state index is 12.0. The minimum absolute atomic E-state index is 0.0347. The number of carboxylic acids is 1. The minimum Gasteiger partial charge on any atom is -0.544 e. The lowest BCUT2D eigenvalue weighted by Gasteiger charge is -2.32. The third kappa shape index (κ3) is 3.54. The van der Waals surface area contributed by atoms with Crippen LogP contribution in [0, 0.1) is 0 Å². The number of nitrogens with one attached hydrogen (secondary N) is 1. The Bertz CT molecular complexity index is 411. The normalized spacial score (nSPS) is 16.8. The summed E-state index contributed by atoms with van der Waals surface area (Å²) in [6.45, 7) is 2.67. The van der Waals surface area contributed by atoms with Crippen LogP contribution in [0.4, 0.5) is 0 Å². The molecule has 0 bridgehead atoms. The summed E-state index contributed by atoms with van der Waals surface area (Å²) in [5.74, 6) is -0.895. The number of thiophene rings is 1. The van der Waals surface area contributed by atoms with Crippen LogP contribution in [0.3, 0.4) is 0 Å². The lowest BCUT2D eigenvalue weighted by atomic mass is 10.2. The van der Waals surface area contributed by atoms with Crippen molar-refractivity contribution in [2.24, 2.45) is 0 Å². The largest absolute Gasteiger partial charge is 0.544 e. The van der Waals surface area contributed by atoms with E-state index in [4.69, 9.17) is 0 Å². The number of hydrogen-bond donors (Lipinski definition) is 1. The highest BCUT2D eigenvalue weighted by Crippen LogP contribution is 2.10. The summed E-state index contributed by atoms with van der Waals surface area (Å²) < 4.78 is 0. The molecule has 6 heteroatoms. The van der Waals surface area contributed by atoms with Crippen molar-refractivity contribution in [1.29, 1.82) is 0 Å². The summed E-state index contributed by atoms with van der Waals surface area (Å²) in [5.41, 5.74) is 0. The second kappa shape index (κ2) is 5.97. The summed E-state index contributed by atoms with van der Waals surface area (Å²) in [4.78, 5) is 26.3. The molecule has 1 aromatic rings. The zero-order valence-electron chi connectivity index (χ0n) is 10.1. The Kier molecular flexibility index (Phi) is 4.33. The van der Waals surface area contributed by atoms with Gasteiger partial charge in [-0.25, -0.2) is 0 Å². The number of carbonyl (C=O) groups is 2. The number of quaternary nitrogens is 1. The van der Waals surface area contributed by atoms with Gasteiger partial charge in [0.25, 0.3) is 0 Å². The Balaban J connectivity index is 1.79. The number of carbonyl (C=O) groups excluding carboxylic acids is 2. The van der Waals surface area contributed by atoms with Gasteiger partial charge in [0.2, 0.25) is 5.91 Å². The van der Waals surface area contributed by atoms with Crippen LogP contribution in [0.2, 0.25) is 0 Å². The number of piperazine rings is 1. The first-order valence-electron chi connectivity index (χ1n) is 5.98. The van der Waals surface area contributed by atoms with Gasteiger partial charge in [0.05, 0.1) is 38.6 Å². The predicted molar refractivity (Wildman–Crippen MR) is 65.2 cm³/mol. The summed E-state index contributed by atoms with van der Waals surface area (Å²) in [7, 11) is 0. The molecule has 1 aliphatic rings. The molecule has 0 radical (unpaired) electrons. The second-order valence-electron chi connectivity index (χ2n) is 4.44. The van der Waals surface area contributed by atoms with E-state index >= 15 is 0 Å². The van der Waals surface area contributed by atoms with Gasteiger partial charge in [-0.3, -0.25) is 4.79 Å². The van der Waals surface area contributed by atoms with Crippen molar-refractivity contribution >= 4 is 23.2 Å². The summed E-state index contributed by atoms with van der Waals surface area (Å²) in [6, 6.07) is 3.90. The SMILES string of the molecule is O=C([O-])C[NH+]1CCN(C(=O)Cc2cccs2)CC1. The van der Waals surface area contributed by atoms with E-state index in [1.165, 1.54) is 0 Å². The number of rotatable bonds is 4. The third-order valence-electron chi connectivity index (χ3n) is 3.12. The molecular formula is C12H16N2O3S. The van der Waals surface area contributed by atoms with Crippen LogP contribution in [0.15, 0.2) is 17.5 Å². The van der Waals surface area contributed by atoms with Crippen LogP contribution < -0.4 is 10.0 Å². The molecule has 0 unspecified atom stereocenters. The first-order valence-corrected chi connectivity index (χ1v) is 6.86. The molecule has 1 fully saturated rings. The van der Waals surface area contributed by atoms with Crippen molar-refractivity contribution in [3.05, 3.63) is 22.4 Å². The highest BCUT2D eigenvalue weighted by molar-refractivity contribution is 7.10. The Morgan fingerprint density at radius 1 is 1.39 bits per heavy atom. The van der Waals surface area contributed by atoms with Crippen molar-refractivity contribution in [2.45, 2.75) is 6.42 Å². The monoisotopic (exact) mass is 268 g/mol. The molecule has 5 nitrogen and oxygen atoms in total. The quantitative estimate of drug-likeness (QED) is 0.672. The smallest absolute Gasteiger partial charge is 0.228 e. The fourth-order valence-corrected chi connectivity index (χ4v) is 2.82. The number of nitrogens with zero attached hydrogens (tertiary/aromatic N) is 1. The van der Waals surface area contributed by atoms with Gasteiger partial charge < -0.3 is 19.7 Å². The van der Waals surface area contributed by atoms with Crippen LogP contribution in [0.25, 0.3) is 0 Å². The van der Waals surface area contributed by atoms with Gasteiger partial charge in [0, 0.05) is 4.88 Å². The Labute approximate surface area is 110 Å². The van der Waals surface area contributed by atoms with Crippen molar-refractivity contribution < 1.29 is 19.6 Å². The Hall–Kier alpha value is -1.40. The first kappa shape index (κ1) is 13.0. The molecule has 0 atom stereocenters. The molecule has 1 N–H and O–H groups in total. The zero-order chi connectivity index (χ0) is 13.0. The molecule has 0 aliphatic carbocycles. The zero-order valence-corrected chi connectivity index (χ0v) is 10.9. The topological polar surface area (TPSA) is 64.9 Å². The van der Waals surface area contributed by atoms with Gasteiger partial charge in [-0.05, 0) is 11.4 Å². The van der Waals surface area contributed by atoms with E-state index in [0.29, 0.717) is 32.6 Å². The number of hydrogen-bond acceptors (Lipinski definition) is 4. The molecular weight excluding hydrogens is 252 g/mol. The summed E-state index contributed by atoms with van der Waals surface area (Å²) >= 11 is 1.59. The van der Waals surface area contributed by atoms with Gasteiger partial charge in [0.15, 0.2) is 0 Å². The molecule has 0 aromatic carbocycles. The second-order valence-corrected chi connectivity index (χ2v) is 5.47. The lowest BCUT2D eigenvalue weighted by molar-refractivity contribution is -0.898. The molecule has 2 rings (SSSR count). The molecule has 1 aromatic heterocycles. The Morgan fingerprint density at radius 3 is 2.67 bits per heavy atom. The maximum Gasteiger partial charge on any atom is 0.228 e. The average Bonchev–Trinajstić information content (AvgIpc) is 2.82. The fourth-order valence-electron chi connectivity index (χ4n) is 2.13. The van der Waals surface area contributed by atoms with Crippen LogP contribution in [0.5, 0.6) is 0 Å². The third-order valence-corrected chi connectivity index (χ3v) is 4.00. The molecule has 98 valence electrons. The molecule has 1 saturated heterocycles. The molecule has 1 amide bonds. The van der Waals surface area contributed by atoms with Crippen molar-refractivity contribution in [2.75, 3.05) is 32.7 Å². The van der Waals surface area contributed by atoms with Crippen molar-refractivity contribution in [3.63, 3.8) is 0 Å². The molecule has 2 heterocycles. The number of amides is 1. The standard InChI is InChI=1S/C12H16N2O3S/c15-11(8-10-2-1-7-18-10)14-5-3-13(4-6-14)9-12(16)17/h1-2,7H,3-6,8-9H2,(H,16,17).